The van der Waals surface area contributed by atoms with Gasteiger partial charge < -0.3 is 10.4 Å². The Balaban J connectivity index is 1.88. The third-order valence-corrected chi connectivity index (χ3v) is 5.11. The molecule has 1 aromatic rings. The average molecular weight is 348 g/mol. The summed E-state index contributed by atoms with van der Waals surface area (Å²) in [6.07, 6.45) is 16.2. The summed E-state index contributed by atoms with van der Waals surface area (Å²) in [6, 6.07) is 10.0. The molecule has 0 saturated heterocycles. The summed E-state index contributed by atoms with van der Waals surface area (Å²) in [5, 5.41) is 13.8. The smallest absolute Gasteiger partial charge is 0.0940 e. The molecule has 1 rings (SSSR count). The van der Waals surface area contributed by atoms with Gasteiger partial charge in [-0.2, -0.15) is 0 Å². The molecule has 0 aliphatic carbocycles. The van der Waals surface area contributed by atoms with E-state index in [1.807, 2.05) is 30.3 Å². The fraction of sp³-hybridized carbons (Fsp3) is 0.739. The molecule has 2 nitrogen and oxygen atoms in total. The van der Waals surface area contributed by atoms with Crippen LogP contribution in [0.2, 0.25) is 0 Å². The quantitative estimate of drug-likeness (QED) is 0.339. The fourth-order valence-electron chi connectivity index (χ4n) is 3.35. The Morgan fingerprint density at radius 2 is 1.24 bits per heavy atom. The number of rotatable bonds is 16. The van der Waals surface area contributed by atoms with Crippen molar-refractivity contribution >= 4 is 0 Å². The van der Waals surface area contributed by atoms with Crippen LogP contribution in [0.4, 0.5) is 0 Å². The Labute approximate surface area is 156 Å². The summed E-state index contributed by atoms with van der Waals surface area (Å²) in [7, 11) is 0. The van der Waals surface area contributed by atoms with Crippen LogP contribution in [0.1, 0.15) is 103 Å². The first-order valence-electron chi connectivity index (χ1n) is 10.7. The van der Waals surface area contributed by atoms with E-state index in [1.165, 1.54) is 77.0 Å². The van der Waals surface area contributed by atoms with Crippen molar-refractivity contribution in [3.8, 4) is 0 Å². The predicted octanol–water partition coefficient (Wildman–Crippen LogP) is 6.40. The molecule has 1 aromatic carbocycles. The molecule has 0 unspecified atom stereocenters. The van der Waals surface area contributed by atoms with Crippen LogP contribution in [-0.4, -0.2) is 17.7 Å². The molecular weight excluding hydrogens is 306 g/mol. The number of unbranched alkanes of at least 4 members (excludes halogenated alkanes) is 11. The molecule has 25 heavy (non-hydrogen) atoms. The number of benzene rings is 1. The van der Waals surface area contributed by atoms with E-state index < -0.39 is 6.10 Å². The van der Waals surface area contributed by atoms with Crippen LogP contribution in [0.25, 0.3) is 0 Å². The van der Waals surface area contributed by atoms with Crippen LogP contribution >= 0.6 is 0 Å². The van der Waals surface area contributed by atoms with E-state index in [1.54, 1.807) is 0 Å². The van der Waals surface area contributed by atoms with Crippen LogP contribution in [0, 0.1) is 0 Å². The van der Waals surface area contributed by atoms with Gasteiger partial charge in [0.1, 0.15) is 0 Å². The van der Waals surface area contributed by atoms with Crippen molar-refractivity contribution in [1.29, 1.82) is 0 Å². The Kier molecular flexibility index (Phi) is 13.7. The van der Waals surface area contributed by atoms with Gasteiger partial charge in [-0.25, -0.2) is 0 Å². The van der Waals surface area contributed by atoms with Gasteiger partial charge in [0.05, 0.1) is 6.10 Å². The van der Waals surface area contributed by atoms with Crippen LogP contribution in [0.3, 0.4) is 0 Å². The maximum atomic E-state index is 10.3. The van der Waals surface area contributed by atoms with Gasteiger partial charge in [0.2, 0.25) is 0 Å². The molecule has 0 saturated carbocycles. The monoisotopic (exact) mass is 347 g/mol. The molecule has 2 atom stereocenters. The van der Waals surface area contributed by atoms with Crippen molar-refractivity contribution in [1.82, 2.24) is 5.32 Å². The summed E-state index contributed by atoms with van der Waals surface area (Å²) < 4.78 is 0. The Hall–Kier alpha value is -0.860. The highest BCUT2D eigenvalue weighted by Crippen LogP contribution is 2.16. The minimum atomic E-state index is -0.418. The predicted molar refractivity (Wildman–Crippen MR) is 110 cm³/mol. The van der Waals surface area contributed by atoms with Crippen molar-refractivity contribution in [2.45, 2.75) is 103 Å². The van der Waals surface area contributed by atoms with Crippen LogP contribution < -0.4 is 5.32 Å². The van der Waals surface area contributed by atoms with Crippen molar-refractivity contribution < 1.29 is 5.11 Å². The van der Waals surface area contributed by atoms with Gasteiger partial charge in [0.25, 0.3) is 0 Å². The van der Waals surface area contributed by atoms with Crippen LogP contribution in [-0.2, 0) is 0 Å². The molecule has 0 bridgehead atoms. The minimum Gasteiger partial charge on any atom is -0.387 e. The summed E-state index contributed by atoms with van der Waals surface area (Å²) in [5.41, 5.74) is 0.997. The molecule has 0 spiro atoms. The molecule has 0 heterocycles. The van der Waals surface area contributed by atoms with Crippen molar-refractivity contribution in [3.05, 3.63) is 35.9 Å². The number of nitrogens with one attached hydrogen (secondary N) is 1. The number of hydrogen-bond acceptors (Lipinski definition) is 2. The van der Waals surface area contributed by atoms with E-state index in [0.717, 1.165) is 12.1 Å². The van der Waals surface area contributed by atoms with Gasteiger partial charge in [-0.3, -0.25) is 0 Å². The average Bonchev–Trinajstić information content (AvgIpc) is 2.65. The molecule has 144 valence electrons. The lowest BCUT2D eigenvalue weighted by molar-refractivity contribution is 0.136. The third-order valence-electron chi connectivity index (χ3n) is 5.11. The molecule has 0 radical (unpaired) electrons. The zero-order chi connectivity index (χ0) is 18.2. The van der Waals surface area contributed by atoms with Gasteiger partial charge >= 0.3 is 0 Å². The van der Waals surface area contributed by atoms with Gasteiger partial charge in [0.15, 0.2) is 0 Å². The van der Waals surface area contributed by atoms with Crippen LogP contribution in [0.5, 0.6) is 0 Å². The summed E-state index contributed by atoms with van der Waals surface area (Å²) in [4.78, 5) is 0. The largest absolute Gasteiger partial charge is 0.387 e. The van der Waals surface area contributed by atoms with E-state index in [9.17, 15) is 5.11 Å². The second kappa shape index (κ2) is 15.4. The first kappa shape index (κ1) is 22.2. The summed E-state index contributed by atoms with van der Waals surface area (Å²) >= 11 is 0. The highest BCUT2D eigenvalue weighted by atomic mass is 16.3. The fourth-order valence-corrected chi connectivity index (χ4v) is 3.35. The maximum Gasteiger partial charge on any atom is 0.0940 e. The highest BCUT2D eigenvalue weighted by molar-refractivity contribution is 5.18. The van der Waals surface area contributed by atoms with Crippen molar-refractivity contribution in [3.63, 3.8) is 0 Å². The van der Waals surface area contributed by atoms with Gasteiger partial charge in [-0.15, -0.1) is 0 Å². The molecule has 2 N–H and O–H groups in total. The van der Waals surface area contributed by atoms with Gasteiger partial charge in [-0.1, -0.05) is 108 Å². The first-order chi connectivity index (χ1) is 12.3. The standard InChI is InChI=1S/C23H41NO/c1-3-4-5-6-7-8-9-10-11-12-13-17-20-24-21(2)23(25)22-18-15-14-16-19-22/h14-16,18-19,21,23-25H,3-13,17,20H2,1-2H3/t21-,23-/m0/s1. The SMILES string of the molecule is CCCCCCCCCCCCCCN[C@@H](C)[C@H](O)c1ccccc1. The Morgan fingerprint density at radius 3 is 1.76 bits per heavy atom. The molecule has 2 heteroatoms. The van der Waals surface area contributed by atoms with Crippen molar-refractivity contribution in [2.75, 3.05) is 6.54 Å². The lowest BCUT2D eigenvalue weighted by Gasteiger charge is -2.20. The second-order valence-corrected chi connectivity index (χ2v) is 7.49. The Bertz CT molecular complexity index is 392. The topological polar surface area (TPSA) is 32.3 Å². The van der Waals surface area contributed by atoms with E-state index in [-0.39, 0.29) is 6.04 Å². The molecule has 0 aliphatic rings. The summed E-state index contributed by atoms with van der Waals surface area (Å²) in [6.45, 7) is 5.35. The summed E-state index contributed by atoms with van der Waals surface area (Å²) in [5.74, 6) is 0. The molecule has 0 aliphatic heterocycles. The van der Waals surface area contributed by atoms with Gasteiger partial charge in [-0.05, 0) is 25.5 Å². The number of aliphatic hydroxyl groups excluding tert-OH is 1. The van der Waals surface area contributed by atoms with E-state index in [0.29, 0.717) is 0 Å². The third kappa shape index (κ3) is 11.4. The second-order valence-electron chi connectivity index (χ2n) is 7.49. The maximum absolute atomic E-state index is 10.3. The lowest BCUT2D eigenvalue weighted by Crippen LogP contribution is -2.32. The van der Waals surface area contributed by atoms with E-state index in [4.69, 9.17) is 0 Å². The molecule has 0 fully saturated rings. The number of aliphatic hydroxyl groups is 1. The lowest BCUT2D eigenvalue weighted by atomic mass is 10.0. The molecule has 0 aromatic heterocycles. The zero-order valence-corrected chi connectivity index (χ0v) is 16.7. The van der Waals surface area contributed by atoms with E-state index in [2.05, 4.69) is 19.2 Å². The highest BCUT2D eigenvalue weighted by Gasteiger charge is 2.14. The van der Waals surface area contributed by atoms with Crippen molar-refractivity contribution in [2.24, 2.45) is 0 Å². The minimum absolute atomic E-state index is 0.107. The molecular formula is C23H41NO. The first-order valence-corrected chi connectivity index (χ1v) is 10.7. The van der Waals surface area contributed by atoms with Crippen LogP contribution in [0.15, 0.2) is 30.3 Å². The van der Waals surface area contributed by atoms with Gasteiger partial charge in [0, 0.05) is 6.04 Å². The number of hydrogen-bond donors (Lipinski definition) is 2. The van der Waals surface area contributed by atoms with E-state index >= 15 is 0 Å². The Morgan fingerprint density at radius 1 is 0.760 bits per heavy atom. The zero-order valence-electron chi connectivity index (χ0n) is 16.7. The normalized spacial score (nSPS) is 13.7. The molecule has 0 amide bonds.